The van der Waals surface area contributed by atoms with E-state index in [1.54, 1.807) is 11.1 Å². The third-order valence-corrected chi connectivity index (χ3v) is 5.25. The van der Waals surface area contributed by atoms with Gasteiger partial charge in [-0.3, -0.25) is 14.6 Å². The predicted molar refractivity (Wildman–Crippen MR) is 103 cm³/mol. The van der Waals surface area contributed by atoms with Crippen LogP contribution < -0.4 is 10.6 Å². The van der Waals surface area contributed by atoms with Crippen LogP contribution in [-0.2, 0) is 4.79 Å². The van der Waals surface area contributed by atoms with Crippen molar-refractivity contribution in [3.8, 4) is 0 Å². The van der Waals surface area contributed by atoms with E-state index in [2.05, 4.69) is 20.1 Å². The van der Waals surface area contributed by atoms with Crippen LogP contribution in [0.5, 0.6) is 0 Å². The normalized spacial score (nSPS) is 23.6. The number of nitrogens with zero attached hydrogens (tertiary/aromatic N) is 6. The number of hydrazone groups is 1. The summed E-state index contributed by atoms with van der Waals surface area (Å²) in [5.74, 6) is -2.19. The molecule has 11 heteroatoms. The molecule has 2 amide bonds. The second kappa shape index (κ2) is 8.09. The highest BCUT2D eigenvalue weighted by Crippen LogP contribution is 2.33. The van der Waals surface area contributed by atoms with Crippen LogP contribution in [0.1, 0.15) is 34.9 Å². The highest BCUT2D eigenvalue weighted by Gasteiger charge is 2.40. The molecule has 4 rings (SSSR count). The Bertz CT molecular complexity index is 1000. The smallest absolute Gasteiger partial charge is 0.267 e. The number of piperidine rings is 1. The molecule has 1 saturated heterocycles. The Kier molecular flexibility index (Phi) is 5.34. The van der Waals surface area contributed by atoms with Gasteiger partial charge < -0.3 is 10.6 Å². The second-order valence-electron chi connectivity index (χ2n) is 7.15. The van der Waals surface area contributed by atoms with Crippen LogP contribution >= 0.6 is 0 Å². The third kappa shape index (κ3) is 3.82. The number of anilines is 1. The molecule has 30 heavy (non-hydrogen) atoms. The lowest BCUT2D eigenvalue weighted by Gasteiger charge is -2.36. The Labute approximate surface area is 170 Å². The monoisotopic (exact) mass is 415 g/mol. The Morgan fingerprint density at radius 2 is 2.03 bits per heavy atom. The molecular formula is C19H19F2N7O2. The molecule has 0 radical (unpaired) electrons. The number of halogens is 2. The van der Waals surface area contributed by atoms with Gasteiger partial charge in [-0.25, -0.2) is 23.8 Å². The molecule has 0 bridgehead atoms. The third-order valence-electron chi connectivity index (χ3n) is 5.25. The maximum atomic E-state index is 15.0. The van der Waals surface area contributed by atoms with Gasteiger partial charge in [0, 0.05) is 31.4 Å². The lowest BCUT2D eigenvalue weighted by atomic mass is 9.93. The molecule has 0 saturated carbocycles. The molecule has 1 fully saturated rings. The van der Waals surface area contributed by atoms with E-state index in [0.717, 1.165) is 6.20 Å². The first-order chi connectivity index (χ1) is 14.4. The SMILES string of the molecule is NC(=O)c1cc(N2CC[C@H](C(=O)N3N=CC[C@H]3c3cncc(F)c3)[C@H](F)C2)ncn1. The van der Waals surface area contributed by atoms with E-state index in [1.807, 2.05) is 0 Å². The van der Waals surface area contributed by atoms with Crippen molar-refractivity contribution in [3.05, 3.63) is 47.9 Å². The molecule has 2 N–H and O–H groups in total. The van der Waals surface area contributed by atoms with Crippen LogP contribution in [-0.4, -0.2) is 57.3 Å². The molecule has 9 nitrogen and oxygen atoms in total. The first-order valence-corrected chi connectivity index (χ1v) is 9.41. The number of pyridine rings is 1. The lowest BCUT2D eigenvalue weighted by Crippen LogP contribution is -2.48. The molecule has 2 aliphatic heterocycles. The van der Waals surface area contributed by atoms with E-state index in [4.69, 9.17) is 5.73 Å². The lowest BCUT2D eigenvalue weighted by molar-refractivity contribution is -0.140. The number of nitrogens with two attached hydrogens (primary N) is 1. The number of hydrogen-bond donors (Lipinski definition) is 1. The molecule has 0 aliphatic carbocycles. The average molecular weight is 415 g/mol. The van der Waals surface area contributed by atoms with Crippen molar-refractivity contribution in [2.75, 3.05) is 18.0 Å². The van der Waals surface area contributed by atoms with Crippen molar-refractivity contribution >= 4 is 23.8 Å². The van der Waals surface area contributed by atoms with Crippen molar-refractivity contribution in [2.45, 2.75) is 25.1 Å². The summed E-state index contributed by atoms with van der Waals surface area (Å²) >= 11 is 0. The topological polar surface area (TPSA) is 118 Å². The van der Waals surface area contributed by atoms with Gasteiger partial charge >= 0.3 is 0 Å². The van der Waals surface area contributed by atoms with Gasteiger partial charge in [0.05, 0.1) is 24.7 Å². The summed E-state index contributed by atoms with van der Waals surface area (Å²) in [4.78, 5) is 37.6. The summed E-state index contributed by atoms with van der Waals surface area (Å²) in [5, 5.41) is 5.32. The van der Waals surface area contributed by atoms with Crippen molar-refractivity contribution in [2.24, 2.45) is 16.8 Å². The summed E-state index contributed by atoms with van der Waals surface area (Å²) in [5.41, 5.74) is 5.77. The molecule has 2 aromatic heterocycles. The Balaban J connectivity index is 1.47. The van der Waals surface area contributed by atoms with Crippen LogP contribution in [0.25, 0.3) is 0 Å². The zero-order valence-corrected chi connectivity index (χ0v) is 15.9. The van der Waals surface area contributed by atoms with Crippen molar-refractivity contribution in [3.63, 3.8) is 0 Å². The summed E-state index contributed by atoms with van der Waals surface area (Å²) in [6.45, 7) is 0.283. The van der Waals surface area contributed by atoms with Gasteiger partial charge in [-0.1, -0.05) is 0 Å². The minimum Gasteiger partial charge on any atom is -0.364 e. The van der Waals surface area contributed by atoms with Crippen molar-refractivity contribution in [1.29, 1.82) is 0 Å². The number of carbonyl (C=O) groups excluding carboxylic acids is 2. The standard InChI is InChI=1S/C19H19F2N7O2/c20-12-5-11(7-23-8-12)16-1-3-26-28(16)19(30)13-2-4-27(9-14(13)21)17-6-15(18(22)29)24-10-25-17/h3,5-8,10,13-14,16H,1-2,4,9H2,(H2,22,29)/t13-,14+,16-/m0/s1. The molecular weight excluding hydrogens is 396 g/mol. The quantitative estimate of drug-likeness (QED) is 0.803. The summed E-state index contributed by atoms with van der Waals surface area (Å²) in [6.07, 6.45) is 4.47. The van der Waals surface area contributed by atoms with Gasteiger partial charge in [-0.05, 0) is 18.1 Å². The second-order valence-corrected chi connectivity index (χ2v) is 7.15. The molecule has 0 aromatic carbocycles. The van der Waals surface area contributed by atoms with Crippen molar-refractivity contribution in [1.82, 2.24) is 20.0 Å². The van der Waals surface area contributed by atoms with Crippen LogP contribution in [0, 0.1) is 11.7 Å². The highest BCUT2D eigenvalue weighted by molar-refractivity contribution is 5.91. The molecule has 0 spiro atoms. The maximum absolute atomic E-state index is 15.0. The van der Waals surface area contributed by atoms with Gasteiger partial charge in [0.25, 0.3) is 5.91 Å². The molecule has 4 heterocycles. The van der Waals surface area contributed by atoms with Gasteiger partial charge in [-0.2, -0.15) is 5.10 Å². The average Bonchev–Trinajstić information content (AvgIpc) is 3.23. The fourth-order valence-electron chi connectivity index (χ4n) is 3.73. The number of aromatic nitrogens is 3. The van der Waals surface area contributed by atoms with E-state index in [9.17, 15) is 18.4 Å². The number of carbonyl (C=O) groups is 2. The molecule has 0 unspecified atom stereocenters. The van der Waals surface area contributed by atoms with Gasteiger partial charge in [0.15, 0.2) is 0 Å². The minimum atomic E-state index is -1.47. The van der Waals surface area contributed by atoms with Gasteiger partial charge in [0.1, 0.15) is 29.8 Å². The molecule has 3 atom stereocenters. The number of amides is 2. The van der Waals surface area contributed by atoms with Crippen molar-refractivity contribution < 1.29 is 18.4 Å². The van der Waals surface area contributed by atoms with Gasteiger partial charge in [0.2, 0.25) is 5.91 Å². The largest absolute Gasteiger partial charge is 0.364 e. The first kappa shape index (κ1) is 19.8. The zero-order valence-electron chi connectivity index (χ0n) is 15.9. The zero-order chi connectivity index (χ0) is 21.3. The van der Waals surface area contributed by atoms with Crippen LogP contribution in [0.3, 0.4) is 0 Å². The summed E-state index contributed by atoms with van der Waals surface area (Å²) < 4.78 is 28.5. The predicted octanol–water partition coefficient (Wildman–Crippen LogP) is 1.23. The first-order valence-electron chi connectivity index (χ1n) is 9.41. The van der Waals surface area contributed by atoms with Gasteiger partial charge in [-0.15, -0.1) is 0 Å². The fourth-order valence-corrected chi connectivity index (χ4v) is 3.73. The Hall–Kier alpha value is -3.50. The molecule has 156 valence electrons. The number of rotatable bonds is 4. The van der Waals surface area contributed by atoms with E-state index < -0.39 is 35.8 Å². The Morgan fingerprint density at radius 3 is 2.77 bits per heavy atom. The van der Waals surface area contributed by atoms with Crippen LogP contribution in [0.4, 0.5) is 14.6 Å². The molecule has 2 aliphatic rings. The van der Waals surface area contributed by atoms with E-state index in [0.29, 0.717) is 24.3 Å². The van der Waals surface area contributed by atoms with E-state index in [-0.39, 0.29) is 18.7 Å². The van der Waals surface area contributed by atoms with E-state index >= 15 is 0 Å². The number of primary amides is 1. The minimum absolute atomic E-state index is 0.0338. The molecule has 2 aromatic rings. The van der Waals surface area contributed by atoms with E-state index in [1.165, 1.54) is 29.7 Å². The Morgan fingerprint density at radius 1 is 1.20 bits per heavy atom. The summed E-state index contributed by atoms with van der Waals surface area (Å²) in [6, 6.07) is 2.19. The number of hydrogen-bond acceptors (Lipinski definition) is 7. The van der Waals surface area contributed by atoms with Crippen LogP contribution in [0.2, 0.25) is 0 Å². The maximum Gasteiger partial charge on any atom is 0.267 e. The number of alkyl halides is 1. The summed E-state index contributed by atoms with van der Waals surface area (Å²) in [7, 11) is 0. The van der Waals surface area contributed by atoms with Crippen LogP contribution in [0.15, 0.2) is 36.0 Å². The fraction of sp³-hybridized carbons (Fsp3) is 0.368. The highest BCUT2D eigenvalue weighted by atomic mass is 19.1.